The first-order valence-electron chi connectivity index (χ1n) is 5.64. The van der Waals surface area contributed by atoms with Crippen LogP contribution in [-0.4, -0.2) is 10.2 Å². The van der Waals surface area contributed by atoms with Crippen molar-refractivity contribution >= 4 is 22.4 Å². The van der Waals surface area contributed by atoms with E-state index in [0.717, 1.165) is 12.1 Å². The molecule has 20 heavy (non-hydrogen) atoms. The number of benzene rings is 2. The Hall–Kier alpha value is -2.14. The monoisotopic (exact) mass is 294 g/mol. The van der Waals surface area contributed by atoms with Gasteiger partial charge in [-0.25, -0.2) is 13.2 Å². The van der Waals surface area contributed by atoms with Crippen LogP contribution in [0.4, 0.5) is 13.2 Å². The molecule has 0 spiro atoms. The van der Waals surface area contributed by atoms with Gasteiger partial charge in [0.25, 0.3) is 0 Å². The average Bonchev–Trinajstić information content (AvgIpc) is 2.45. The van der Waals surface area contributed by atoms with Gasteiger partial charge < -0.3 is 0 Å². The predicted octanol–water partition coefficient (Wildman–Crippen LogP) is 4.37. The summed E-state index contributed by atoms with van der Waals surface area (Å²) in [5.74, 6) is -4.07. The lowest BCUT2D eigenvalue weighted by Crippen LogP contribution is -1.96. The molecule has 3 aromatic rings. The third-order valence-electron chi connectivity index (χ3n) is 2.90. The first kappa shape index (κ1) is 12.9. The number of rotatable bonds is 1. The predicted molar refractivity (Wildman–Crippen MR) is 69.9 cm³/mol. The lowest BCUT2D eigenvalue weighted by atomic mass is 10.0. The topological polar surface area (TPSA) is 25.8 Å². The number of halogens is 4. The van der Waals surface area contributed by atoms with Crippen molar-refractivity contribution in [3.63, 3.8) is 0 Å². The molecule has 0 bridgehead atoms. The van der Waals surface area contributed by atoms with Gasteiger partial charge in [-0.05, 0) is 12.1 Å². The van der Waals surface area contributed by atoms with Crippen LogP contribution in [0.3, 0.4) is 0 Å². The van der Waals surface area contributed by atoms with Gasteiger partial charge in [0.1, 0.15) is 5.69 Å². The summed E-state index contributed by atoms with van der Waals surface area (Å²) in [6.45, 7) is 0. The molecule has 1 aromatic heterocycles. The highest BCUT2D eigenvalue weighted by atomic mass is 35.5. The second-order valence-corrected chi connectivity index (χ2v) is 4.50. The summed E-state index contributed by atoms with van der Waals surface area (Å²) in [5.41, 5.74) is 0.338. The lowest BCUT2D eigenvalue weighted by Gasteiger charge is -2.07. The molecular formula is C14H6ClF3N2. The van der Waals surface area contributed by atoms with E-state index in [1.807, 2.05) is 0 Å². The van der Waals surface area contributed by atoms with Crippen molar-refractivity contribution in [1.82, 2.24) is 10.2 Å². The van der Waals surface area contributed by atoms with Crippen LogP contribution in [0.15, 0.2) is 36.4 Å². The van der Waals surface area contributed by atoms with Gasteiger partial charge >= 0.3 is 0 Å². The van der Waals surface area contributed by atoms with Gasteiger partial charge in [0, 0.05) is 16.3 Å². The highest BCUT2D eigenvalue weighted by Crippen LogP contribution is 2.30. The van der Waals surface area contributed by atoms with Gasteiger partial charge in [-0.2, -0.15) is 0 Å². The van der Waals surface area contributed by atoms with Gasteiger partial charge in [0.2, 0.25) is 0 Å². The van der Waals surface area contributed by atoms with E-state index in [0.29, 0.717) is 10.8 Å². The second kappa shape index (κ2) is 4.76. The standard InChI is InChI=1S/C14H6ClF3N2/c15-14-9-4-2-1-3-8(9)13(19-20-14)7-5-10(16)12(18)11(17)6-7/h1-6H. The summed E-state index contributed by atoms with van der Waals surface area (Å²) < 4.78 is 39.6. The number of aromatic nitrogens is 2. The number of hydrogen-bond acceptors (Lipinski definition) is 2. The fourth-order valence-corrected chi connectivity index (χ4v) is 2.18. The van der Waals surface area contributed by atoms with Crippen LogP contribution in [0, 0.1) is 17.5 Å². The molecular weight excluding hydrogens is 289 g/mol. The Labute approximate surface area is 116 Å². The Morgan fingerprint density at radius 3 is 2.10 bits per heavy atom. The lowest BCUT2D eigenvalue weighted by molar-refractivity contribution is 0.447. The van der Waals surface area contributed by atoms with E-state index in [1.54, 1.807) is 24.3 Å². The molecule has 0 aliphatic rings. The van der Waals surface area contributed by atoms with E-state index in [9.17, 15) is 13.2 Å². The van der Waals surface area contributed by atoms with Crippen LogP contribution >= 0.6 is 11.6 Å². The normalized spacial score (nSPS) is 11.0. The molecule has 2 aromatic carbocycles. The van der Waals surface area contributed by atoms with E-state index in [4.69, 9.17) is 11.6 Å². The minimum Gasteiger partial charge on any atom is -0.204 e. The molecule has 0 radical (unpaired) electrons. The van der Waals surface area contributed by atoms with Crippen molar-refractivity contribution in [1.29, 1.82) is 0 Å². The van der Waals surface area contributed by atoms with Gasteiger partial charge in [-0.15, -0.1) is 10.2 Å². The molecule has 0 saturated carbocycles. The van der Waals surface area contributed by atoms with E-state index in [1.165, 1.54) is 0 Å². The smallest absolute Gasteiger partial charge is 0.194 e. The molecule has 100 valence electrons. The Morgan fingerprint density at radius 1 is 0.850 bits per heavy atom. The first-order valence-corrected chi connectivity index (χ1v) is 6.01. The maximum atomic E-state index is 13.3. The molecule has 0 aliphatic heterocycles. The summed E-state index contributed by atoms with van der Waals surface area (Å²) in [5, 5.41) is 8.96. The molecule has 6 heteroatoms. The van der Waals surface area contributed by atoms with E-state index >= 15 is 0 Å². The first-order chi connectivity index (χ1) is 9.58. The van der Waals surface area contributed by atoms with Crippen molar-refractivity contribution in [2.45, 2.75) is 0 Å². The summed E-state index contributed by atoms with van der Waals surface area (Å²) in [6.07, 6.45) is 0. The van der Waals surface area contributed by atoms with Gasteiger partial charge in [-0.3, -0.25) is 0 Å². The highest BCUT2D eigenvalue weighted by molar-refractivity contribution is 6.34. The zero-order valence-corrected chi connectivity index (χ0v) is 10.6. The highest BCUT2D eigenvalue weighted by Gasteiger charge is 2.15. The molecule has 0 N–H and O–H groups in total. The van der Waals surface area contributed by atoms with Crippen molar-refractivity contribution < 1.29 is 13.2 Å². The SMILES string of the molecule is Fc1cc(-c2nnc(Cl)c3ccccc23)cc(F)c1F. The largest absolute Gasteiger partial charge is 0.204 e. The molecule has 0 unspecified atom stereocenters. The molecule has 0 atom stereocenters. The van der Waals surface area contributed by atoms with Crippen LogP contribution in [0.1, 0.15) is 0 Å². The minimum absolute atomic E-state index is 0.0989. The van der Waals surface area contributed by atoms with Crippen molar-refractivity contribution in [3.05, 3.63) is 59.0 Å². The van der Waals surface area contributed by atoms with Crippen molar-refractivity contribution in [2.24, 2.45) is 0 Å². The molecule has 3 rings (SSSR count). The Kier molecular flexibility index (Phi) is 3.06. The summed E-state index contributed by atoms with van der Waals surface area (Å²) >= 11 is 5.92. The zero-order chi connectivity index (χ0) is 14.3. The molecule has 0 saturated heterocycles. The van der Waals surface area contributed by atoms with E-state index in [2.05, 4.69) is 10.2 Å². The molecule has 1 heterocycles. The fourth-order valence-electron chi connectivity index (χ4n) is 1.98. The quantitative estimate of drug-likeness (QED) is 0.623. The van der Waals surface area contributed by atoms with Crippen molar-refractivity contribution in [2.75, 3.05) is 0 Å². The maximum Gasteiger partial charge on any atom is 0.194 e. The Bertz CT molecular complexity index is 798. The van der Waals surface area contributed by atoms with E-state index < -0.39 is 17.5 Å². The van der Waals surface area contributed by atoms with Crippen LogP contribution in [0.5, 0.6) is 0 Å². The number of fused-ring (bicyclic) bond motifs is 1. The number of hydrogen-bond donors (Lipinski definition) is 0. The van der Waals surface area contributed by atoms with Gasteiger partial charge in [0.05, 0.1) is 0 Å². The minimum atomic E-state index is -1.51. The zero-order valence-electron chi connectivity index (χ0n) is 9.87. The van der Waals surface area contributed by atoms with Crippen LogP contribution < -0.4 is 0 Å². The van der Waals surface area contributed by atoms with Crippen molar-refractivity contribution in [3.8, 4) is 11.3 Å². The molecule has 0 aliphatic carbocycles. The van der Waals surface area contributed by atoms with E-state index in [-0.39, 0.29) is 16.4 Å². The van der Waals surface area contributed by atoms with Gasteiger partial charge in [0.15, 0.2) is 22.6 Å². The summed E-state index contributed by atoms with van der Waals surface area (Å²) in [4.78, 5) is 0. The molecule has 0 fully saturated rings. The summed E-state index contributed by atoms with van der Waals surface area (Å²) in [6, 6.07) is 8.66. The van der Waals surface area contributed by atoms with Crippen LogP contribution in [0.25, 0.3) is 22.0 Å². The Morgan fingerprint density at radius 2 is 1.45 bits per heavy atom. The van der Waals surface area contributed by atoms with Crippen LogP contribution in [0.2, 0.25) is 5.15 Å². The summed E-state index contributed by atoms with van der Waals surface area (Å²) in [7, 11) is 0. The third-order valence-corrected chi connectivity index (χ3v) is 3.18. The fraction of sp³-hybridized carbons (Fsp3) is 0. The van der Waals surface area contributed by atoms with Crippen LogP contribution in [-0.2, 0) is 0 Å². The molecule has 0 amide bonds. The third kappa shape index (κ3) is 2.00. The average molecular weight is 295 g/mol. The van der Waals surface area contributed by atoms with Gasteiger partial charge in [-0.1, -0.05) is 35.9 Å². The number of nitrogens with zero attached hydrogens (tertiary/aromatic N) is 2. The Balaban J connectivity index is 2.33. The maximum absolute atomic E-state index is 13.3. The second-order valence-electron chi connectivity index (χ2n) is 4.14. The molecule has 2 nitrogen and oxygen atoms in total.